The van der Waals surface area contributed by atoms with E-state index in [1.54, 1.807) is 23.5 Å². The quantitative estimate of drug-likeness (QED) is 0.327. The summed E-state index contributed by atoms with van der Waals surface area (Å²) in [5.74, 6) is -0.224. The van der Waals surface area contributed by atoms with Crippen molar-refractivity contribution < 1.29 is 14.5 Å². The molecular formula is C28H28N4O4S. The number of rotatable bonds is 6. The van der Waals surface area contributed by atoms with Crippen molar-refractivity contribution in [2.24, 2.45) is 5.41 Å². The molecule has 0 saturated carbocycles. The van der Waals surface area contributed by atoms with Crippen LogP contribution < -0.4 is 15.5 Å². The van der Waals surface area contributed by atoms with Crippen LogP contribution in [0.5, 0.6) is 0 Å². The molecule has 0 spiro atoms. The molecule has 8 nitrogen and oxygen atoms in total. The fourth-order valence-electron chi connectivity index (χ4n) is 5.19. The number of benzene rings is 2. The number of hydrogen-bond acceptors (Lipinski definition) is 7. The van der Waals surface area contributed by atoms with Crippen LogP contribution in [-0.2, 0) is 16.1 Å². The van der Waals surface area contributed by atoms with Crippen molar-refractivity contribution >= 4 is 40.1 Å². The van der Waals surface area contributed by atoms with Gasteiger partial charge in [0.2, 0.25) is 5.91 Å². The maximum Gasteiger partial charge on any atom is 0.269 e. The van der Waals surface area contributed by atoms with E-state index in [1.807, 2.05) is 46.7 Å². The molecule has 1 amide bonds. The summed E-state index contributed by atoms with van der Waals surface area (Å²) in [6.07, 6.45) is 1.000. The molecule has 1 aromatic heterocycles. The number of hydrogen-bond donors (Lipinski definition) is 2. The third-order valence-corrected chi connectivity index (χ3v) is 7.63. The summed E-state index contributed by atoms with van der Waals surface area (Å²) in [6, 6.07) is 17.2. The van der Waals surface area contributed by atoms with Gasteiger partial charge in [0.15, 0.2) is 5.78 Å². The van der Waals surface area contributed by atoms with Gasteiger partial charge >= 0.3 is 0 Å². The average Bonchev–Trinajstić information content (AvgIpc) is 3.33. The molecule has 1 aliphatic carbocycles. The first-order valence-corrected chi connectivity index (χ1v) is 13.0. The van der Waals surface area contributed by atoms with Crippen LogP contribution in [0.25, 0.3) is 0 Å². The molecule has 3 aromatic rings. The lowest BCUT2D eigenvalue weighted by Gasteiger charge is -2.37. The first-order valence-electron chi connectivity index (χ1n) is 12.1. The predicted octanol–water partition coefficient (Wildman–Crippen LogP) is 5.59. The number of non-ortho nitro benzene ring substituents is 1. The van der Waals surface area contributed by atoms with Crippen LogP contribution in [0.15, 0.2) is 77.3 Å². The largest absolute Gasteiger partial charge is 0.357 e. The standard InChI is InChI=1S/C28H28N4O4S/c1-28(2)14-22-26(24(33)15-28)27(18-7-5-8-19(13-18)32(35)36)31(23-11-4-3-10-21(23)30-22)17-25(34)29-16-20-9-6-12-37-20/h3-13,27,30H,14-17H2,1-2H3,(H,29,34). The van der Waals surface area contributed by atoms with E-state index in [-0.39, 0.29) is 29.3 Å². The van der Waals surface area contributed by atoms with Crippen molar-refractivity contribution in [1.29, 1.82) is 0 Å². The van der Waals surface area contributed by atoms with Gasteiger partial charge in [-0.2, -0.15) is 0 Å². The molecule has 190 valence electrons. The van der Waals surface area contributed by atoms with Crippen LogP contribution in [0.2, 0.25) is 0 Å². The second kappa shape index (κ2) is 9.82. The summed E-state index contributed by atoms with van der Waals surface area (Å²) in [7, 11) is 0. The number of fused-ring (bicyclic) bond motifs is 1. The maximum atomic E-state index is 13.7. The summed E-state index contributed by atoms with van der Waals surface area (Å²) >= 11 is 1.57. The number of thiophene rings is 1. The van der Waals surface area contributed by atoms with E-state index in [9.17, 15) is 19.7 Å². The third-order valence-electron chi connectivity index (χ3n) is 6.75. The van der Waals surface area contributed by atoms with Gasteiger partial charge < -0.3 is 15.5 Å². The van der Waals surface area contributed by atoms with Crippen LogP contribution in [0, 0.1) is 15.5 Å². The number of nitrogens with one attached hydrogen (secondary N) is 2. The molecule has 2 aromatic carbocycles. The van der Waals surface area contributed by atoms with E-state index in [1.165, 1.54) is 12.1 Å². The number of amides is 1. The highest BCUT2D eigenvalue weighted by Crippen LogP contribution is 2.48. The molecule has 0 saturated heterocycles. The summed E-state index contributed by atoms with van der Waals surface area (Å²) in [5, 5.41) is 20.1. The smallest absolute Gasteiger partial charge is 0.269 e. The van der Waals surface area contributed by atoms with Gasteiger partial charge in [-0.15, -0.1) is 11.3 Å². The number of carbonyl (C=O) groups is 2. The van der Waals surface area contributed by atoms with Crippen LogP contribution in [0.4, 0.5) is 17.1 Å². The maximum absolute atomic E-state index is 13.7. The van der Waals surface area contributed by atoms with Gasteiger partial charge in [0.1, 0.15) is 0 Å². The van der Waals surface area contributed by atoms with Gasteiger partial charge in [-0.05, 0) is 41.0 Å². The zero-order valence-electron chi connectivity index (χ0n) is 20.7. The fourth-order valence-corrected chi connectivity index (χ4v) is 5.84. The van der Waals surface area contributed by atoms with E-state index >= 15 is 0 Å². The van der Waals surface area contributed by atoms with Crippen molar-refractivity contribution in [2.75, 3.05) is 16.8 Å². The van der Waals surface area contributed by atoms with E-state index < -0.39 is 11.0 Å². The molecule has 2 heterocycles. The minimum Gasteiger partial charge on any atom is -0.357 e. The normalized spacial score (nSPS) is 18.4. The molecule has 0 fully saturated rings. The lowest BCUT2D eigenvalue weighted by molar-refractivity contribution is -0.384. The van der Waals surface area contributed by atoms with Gasteiger partial charge in [-0.3, -0.25) is 19.7 Å². The number of anilines is 2. The van der Waals surface area contributed by atoms with Crippen LogP contribution in [0.1, 0.15) is 43.2 Å². The Bertz CT molecular complexity index is 1400. The second-order valence-corrected chi connectivity index (χ2v) is 11.2. The van der Waals surface area contributed by atoms with Gasteiger partial charge in [0, 0.05) is 34.7 Å². The highest BCUT2D eigenvalue weighted by molar-refractivity contribution is 7.09. The summed E-state index contributed by atoms with van der Waals surface area (Å²) in [6.45, 7) is 4.51. The summed E-state index contributed by atoms with van der Waals surface area (Å²) in [5.41, 5.74) is 3.20. The summed E-state index contributed by atoms with van der Waals surface area (Å²) in [4.78, 5) is 41.1. The van der Waals surface area contributed by atoms with E-state index in [4.69, 9.17) is 0 Å². The Hall–Kier alpha value is -3.98. The number of ketones is 1. The molecule has 0 bridgehead atoms. The number of nitro groups is 1. The molecule has 2 N–H and O–H groups in total. The molecule has 1 atom stereocenters. The zero-order valence-corrected chi connectivity index (χ0v) is 21.5. The van der Waals surface area contributed by atoms with E-state index in [2.05, 4.69) is 24.5 Å². The molecule has 1 aliphatic heterocycles. The Balaban J connectivity index is 1.63. The van der Waals surface area contributed by atoms with Crippen molar-refractivity contribution in [3.63, 3.8) is 0 Å². The second-order valence-electron chi connectivity index (χ2n) is 10.2. The minimum atomic E-state index is -0.665. The van der Waals surface area contributed by atoms with Gasteiger partial charge in [-0.1, -0.05) is 44.2 Å². The number of carbonyl (C=O) groups excluding carboxylic acids is 2. The average molecular weight is 517 g/mol. The van der Waals surface area contributed by atoms with Gasteiger partial charge in [0.05, 0.1) is 35.4 Å². The number of allylic oxidation sites excluding steroid dienone is 1. The minimum absolute atomic E-state index is 0.0212. The molecule has 0 radical (unpaired) electrons. The fraction of sp³-hybridized carbons (Fsp3) is 0.286. The van der Waals surface area contributed by atoms with Crippen molar-refractivity contribution in [2.45, 2.75) is 39.3 Å². The molecule has 9 heteroatoms. The van der Waals surface area contributed by atoms with Crippen LogP contribution in [0.3, 0.4) is 0 Å². The lowest BCUT2D eigenvalue weighted by atomic mass is 9.73. The number of Topliss-reactive ketones (excluding diaryl/α,β-unsaturated/α-hetero) is 1. The monoisotopic (exact) mass is 516 g/mol. The van der Waals surface area contributed by atoms with Gasteiger partial charge in [0.25, 0.3) is 5.69 Å². The molecule has 2 aliphatic rings. The predicted molar refractivity (Wildman–Crippen MR) is 144 cm³/mol. The Morgan fingerprint density at radius 3 is 2.73 bits per heavy atom. The van der Waals surface area contributed by atoms with Crippen molar-refractivity contribution in [3.8, 4) is 0 Å². The van der Waals surface area contributed by atoms with Crippen molar-refractivity contribution in [3.05, 3.63) is 97.9 Å². The SMILES string of the molecule is CC1(C)CC(=O)C2=C(C1)Nc1ccccc1N(CC(=O)NCc1cccs1)C2c1cccc([N+](=O)[O-])c1. The van der Waals surface area contributed by atoms with E-state index in [0.717, 1.165) is 21.9 Å². The Morgan fingerprint density at radius 1 is 1.16 bits per heavy atom. The molecule has 5 rings (SSSR count). The van der Waals surface area contributed by atoms with Crippen LogP contribution in [-0.4, -0.2) is 23.2 Å². The zero-order chi connectivity index (χ0) is 26.2. The van der Waals surface area contributed by atoms with Crippen LogP contribution >= 0.6 is 11.3 Å². The first-order chi connectivity index (χ1) is 17.7. The number of para-hydroxylation sites is 2. The molecular weight excluding hydrogens is 488 g/mol. The number of nitro benzene ring substituents is 1. The first kappa shape index (κ1) is 24.7. The topological polar surface area (TPSA) is 105 Å². The molecule has 37 heavy (non-hydrogen) atoms. The highest BCUT2D eigenvalue weighted by Gasteiger charge is 2.42. The van der Waals surface area contributed by atoms with Crippen molar-refractivity contribution in [1.82, 2.24) is 5.32 Å². The Morgan fingerprint density at radius 2 is 1.97 bits per heavy atom. The lowest BCUT2D eigenvalue weighted by Crippen LogP contribution is -2.41. The van der Waals surface area contributed by atoms with E-state index in [0.29, 0.717) is 30.5 Å². The summed E-state index contributed by atoms with van der Waals surface area (Å²) < 4.78 is 0. The highest BCUT2D eigenvalue weighted by atomic mass is 32.1. The molecule has 1 unspecified atom stereocenters. The van der Waals surface area contributed by atoms with Gasteiger partial charge in [-0.25, -0.2) is 0 Å². The third kappa shape index (κ3) is 5.13. The Kier molecular flexibility index (Phi) is 6.55. The Labute approximate surface area is 219 Å². The number of nitrogens with zero attached hydrogens (tertiary/aromatic N) is 2.